The highest BCUT2D eigenvalue weighted by molar-refractivity contribution is 5.92. The first-order valence-electron chi connectivity index (χ1n) is 7.80. The molecule has 2 aromatic rings. The third-order valence-electron chi connectivity index (χ3n) is 3.71. The standard InChI is InChI=1S/C16H20N6O2/c17-16(19-9-8-18-15(23)13-5-7-20-22-13)21-12-6-10-24-14-4-2-1-3-11(12)14/h1-5,7,12H,6,8-10H2,(H,18,23)(H,20,22)(H3,17,19,21). The number of para-hydroxylation sites is 1. The maximum absolute atomic E-state index is 11.7. The molecular weight excluding hydrogens is 308 g/mol. The summed E-state index contributed by atoms with van der Waals surface area (Å²) in [6.45, 7) is 1.43. The quantitative estimate of drug-likeness (QED) is 0.364. The van der Waals surface area contributed by atoms with Crippen molar-refractivity contribution in [2.75, 3.05) is 19.7 Å². The lowest BCUT2D eigenvalue weighted by Gasteiger charge is -2.26. The van der Waals surface area contributed by atoms with E-state index >= 15 is 0 Å². The van der Waals surface area contributed by atoms with Crippen molar-refractivity contribution in [2.45, 2.75) is 12.5 Å². The molecule has 1 aromatic carbocycles. The average Bonchev–Trinajstić information content (AvgIpc) is 3.14. The van der Waals surface area contributed by atoms with Crippen LogP contribution in [0.2, 0.25) is 0 Å². The zero-order valence-corrected chi connectivity index (χ0v) is 13.2. The monoisotopic (exact) mass is 328 g/mol. The number of hydrogen-bond donors (Lipinski definition) is 4. The van der Waals surface area contributed by atoms with Gasteiger partial charge >= 0.3 is 0 Å². The van der Waals surface area contributed by atoms with E-state index in [-0.39, 0.29) is 11.9 Å². The summed E-state index contributed by atoms with van der Waals surface area (Å²) in [5, 5.41) is 12.3. The number of benzene rings is 1. The fourth-order valence-electron chi connectivity index (χ4n) is 2.54. The summed E-state index contributed by atoms with van der Waals surface area (Å²) < 4.78 is 5.62. The van der Waals surface area contributed by atoms with Gasteiger partial charge in [0.25, 0.3) is 5.91 Å². The Bertz CT molecular complexity index is 713. The van der Waals surface area contributed by atoms with Gasteiger partial charge in [-0.3, -0.25) is 14.9 Å². The first-order chi connectivity index (χ1) is 11.7. The average molecular weight is 328 g/mol. The number of fused-ring (bicyclic) bond motifs is 1. The second-order valence-electron chi connectivity index (χ2n) is 5.37. The molecule has 1 amide bonds. The Kier molecular flexibility index (Phi) is 4.95. The van der Waals surface area contributed by atoms with Gasteiger partial charge in [0.1, 0.15) is 11.4 Å². The number of ether oxygens (including phenoxy) is 1. The van der Waals surface area contributed by atoms with Crippen LogP contribution in [0, 0.1) is 0 Å². The zero-order valence-electron chi connectivity index (χ0n) is 13.2. The number of carbonyl (C=O) groups is 1. The van der Waals surface area contributed by atoms with Crippen LogP contribution in [0.15, 0.2) is 41.5 Å². The highest BCUT2D eigenvalue weighted by atomic mass is 16.5. The summed E-state index contributed by atoms with van der Waals surface area (Å²) >= 11 is 0. The first-order valence-corrected chi connectivity index (χ1v) is 7.80. The van der Waals surface area contributed by atoms with Gasteiger partial charge in [-0.05, 0) is 12.1 Å². The Hall–Kier alpha value is -3.03. The fourth-order valence-corrected chi connectivity index (χ4v) is 2.54. The van der Waals surface area contributed by atoms with E-state index < -0.39 is 0 Å². The number of carbonyl (C=O) groups excluding carboxylic acids is 1. The van der Waals surface area contributed by atoms with Gasteiger partial charge in [0.05, 0.1) is 19.2 Å². The first kappa shape index (κ1) is 15.9. The van der Waals surface area contributed by atoms with Crippen molar-refractivity contribution >= 4 is 11.9 Å². The Morgan fingerprint density at radius 3 is 3.12 bits per heavy atom. The van der Waals surface area contributed by atoms with E-state index in [1.165, 1.54) is 6.20 Å². The van der Waals surface area contributed by atoms with Crippen molar-refractivity contribution in [3.05, 3.63) is 47.8 Å². The van der Waals surface area contributed by atoms with Crippen molar-refractivity contribution in [1.29, 1.82) is 0 Å². The van der Waals surface area contributed by atoms with Crippen LogP contribution in [0.1, 0.15) is 28.5 Å². The molecule has 5 N–H and O–H groups in total. The number of hydrogen-bond acceptors (Lipinski definition) is 4. The maximum Gasteiger partial charge on any atom is 0.269 e. The highest BCUT2D eigenvalue weighted by Crippen LogP contribution is 2.31. The second-order valence-corrected chi connectivity index (χ2v) is 5.37. The Morgan fingerprint density at radius 1 is 1.42 bits per heavy atom. The molecule has 1 unspecified atom stereocenters. The van der Waals surface area contributed by atoms with E-state index in [0.717, 1.165) is 17.7 Å². The maximum atomic E-state index is 11.7. The van der Waals surface area contributed by atoms with Gasteiger partial charge < -0.3 is 21.1 Å². The van der Waals surface area contributed by atoms with E-state index in [9.17, 15) is 4.79 Å². The molecular formula is C16H20N6O2. The number of aromatic amines is 1. The zero-order chi connectivity index (χ0) is 16.8. The molecule has 0 fully saturated rings. The summed E-state index contributed by atoms with van der Waals surface area (Å²) in [7, 11) is 0. The molecule has 3 rings (SSSR count). The molecule has 0 saturated carbocycles. The van der Waals surface area contributed by atoms with Gasteiger partial charge in [-0.25, -0.2) is 0 Å². The molecule has 0 bridgehead atoms. The van der Waals surface area contributed by atoms with E-state index in [4.69, 9.17) is 10.5 Å². The van der Waals surface area contributed by atoms with Gasteiger partial charge in [0.15, 0.2) is 5.96 Å². The summed E-state index contributed by atoms with van der Waals surface area (Å²) in [6.07, 6.45) is 2.35. The predicted molar refractivity (Wildman–Crippen MR) is 89.8 cm³/mol. The lowest BCUT2D eigenvalue weighted by Crippen LogP contribution is -2.38. The number of nitrogens with one attached hydrogen (secondary N) is 3. The van der Waals surface area contributed by atoms with E-state index in [1.54, 1.807) is 6.07 Å². The number of guanidine groups is 1. The van der Waals surface area contributed by atoms with Crippen molar-refractivity contribution < 1.29 is 9.53 Å². The normalized spacial score (nSPS) is 16.8. The summed E-state index contributed by atoms with van der Waals surface area (Å²) in [5.41, 5.74) is 7.44. The van der Waals surface area contributed by atoms with Crippen LogP contribution in [0.3, 0.4) is 0 Å². The van der Waals surface area contributed by atoms with Gasteiger partial charge in [-0.15, -0.1) is 0 Å². The van der Waals surface area contributed by atoms with Crippen molar-refractivity contribution in [3.63, 3.8) is 0 Å². The number of rotatable bonds is 5. The van der Waals surface area contributed by atoms with Crippen LogP contribution < -0.4 is 21.1 Å². The lowest BCUT2D eigenvalue weighted by atomic mass is 10.0. The molecule has 0 saturated heterocycles. The minimum atomic E-state index is -0.215. The minimum absolute atomic E-state index is 0.0817. The Morgan fingerprint density at radius 2 is 2.29 bits per heavy atom. The van der Waals surface area contributed by atoms with E-state index in [2.05, 4.69) is 25.8 Å². The Labute approximate surface area is 139 Å². The molecule has 126 valence electrons. The molecule has 0 spiro atoms. The third-order valence-corrected chi connectivity index (χ3v) is 3.71. The van der Waals surface area contributed by atoms with Gasteiger partial charge in [-0.1, -0.05) is 18.2 Å². The number of aliphatic imine (C=N–C) groups is 1. The number of nitrogens with zero attached hydrogens (tertiary/aromatic N) is 2. The van der Waals surface area contributed by atoms with E-state index in [0.29, 0.717) is 31.3 Å². The second kappa shape index (κ2) is 7.49. The van der Waals surface area contributed by atoms with Gasteiger partial charge in [0, 0.05) is 24.7 Å². The molecule has 8 heteroatoms. The van der Waals surface area contributed by atoms with Gasteiger partial charge in [0.2, 0.25) is 0 Å². The third kappa shape index (κ3) is 3.83. The Balaban J connectivity index is 1.48. The number of H-pyrrole nitrogens is 1. The SMILES string of the molecule is NC(=NCCNC(=O)c1ccn[nH]1)NC1CCOc2ccccc21. The highest BCUT2D eigenvalue weighted by Gasteiger charge is 2.21. The van der Waals surface area contributed by atoms with Crippen molar-refractivity contribution in [3.8, 4) is 5.75 Å². The molecule has 8 nitrogen and oxygen atoms in total. The van der Waals surface area contributed by atoms with Gasteiger partial charge in [-0.2, -0.15) is 5.10 Å². The molecule has 1 aromatic heterocycles. The molecule has 0 radical (unpaired) electrons. The molecule has 24 heavy (non-hydrogen) atoms. The summed E-state index contributed by atoms with van der Waals surface area (Å²) in [5.74, 6) is 1.01. The van der Waals surface area contributed by atoms with Crippen LogP contribution in [0.4, 0.5) is 0 Å². The van der Waals surface area contributed by atoms with Crippen LogP contribution in [0.25, 0.3) is 0 Å². The van der Waals surface area contributed by atoms with Crippen LogP contribution in [0.5, 0.6) is 5.75 Å². The summed E-state index contributed by atoms with van der Waals surface area (Å²) in [4.78, 5) is 16.0. The number of amides is 1. The lowest BCUT2D eigenvalue weighted by molar-refractivity contribution is 0.0950. The van der Waals surface area contributed by atoms with Crippen LogP contribution >= 0.6 is 0 Å². The van der Waals surface area contributed by atoms with E-state index in [1.807, 2.05) is 24.3 Å². The fraction of sp³-hybridized carbons (Fsp3) is 0.312. The van der Waals surface area contributed by atoms with Crippen LogP contribution in [-0.4, -0.2) is 41.8 Å². The number of nitrogens with two attached hydrogens (primary N) is 1. The molecule has 1 atom stereocenters. The molecule has 1 aliphatic rings. The molecule has 1 aliphatic heterocycles. The molecule has 0 aliphatic carbocycles. The van der Waals surface area contributed by atoms with Crippen molar-refractivity contribution in [1.82, 2.24) is 20.8 Å². The van der Waals surface area contributed by atoms with Crippen molar-refractivity contribution in [2.24, 2.45) is 10.7 Å². The minimum Gasteiger partial charge on any atom is -0.493 e. The van der Waals surface area contributed by atoms with Crippen LogP contribution in [-0.2, 0) is 0 Å². The molecule has 2 heterocycles. The summed E-state index contributed by atoms with van der Waals surface area (Å²) in [6, 6.07) is 9.57. The number of aromatic nitrogens is 2. The predicted octanol–water partition coefficient (Wildman–Crippen LogP) is 0.568. The topological polar surface area (TPSA) is 117 Å². The smallest absolute Gasteiger partial charge is 0.269 e. The largest absolute Gasteiger partial charge is 0.493 e.